The Balaban J connectivity index is 1.51. The molecule has 7 heteroatoms. The molecular weight excluding hydrogens is 440 g/mol. The maximum absolute atomic E-state index is 12.9. The van der Waals surface area contributed by atoms with Gasteiger partial charge in [0.15, 0.2) is 5.78 Å². The fourth-order valence-electron chi connectivity index (χ4n) is 4.05. The van der Waals surface area contributed by atoms with Gasteiger partial charge in [0.25, 0.3) is 0 Å². The van der Waals surface area contributed by atoms with Gasteiger partial charge in [-0.25, -0.2) is 0 Å². The summed E-state index contributed by atoms with van der Waals surface area (Å²) in [7, 11) is 3.35. The van der Waals surface area contributed by atoms with Crippen LogP contribution in [0.2, 0.25) is 0 Å². The van der Waals surface area contributed by atoms with Gasteiger partial charge in [0.2, 0.25) is 0 Å². The SMILES string of the molecule is COCCc1ccc(Cn2ncc(C(=O)CCCCCc3ccc(C(=N)N)cc3)c2COC)cc1. The summed E-state index contributed by atoms with van der Waals surface area (Å²) in [5.41, 5.74) is 11.3. The highest BCUT2D eigenvalue weighted by Crippen LogP contribution is 2.17. The molecule has 0 fully saturated rings. The number of amidine groups is 1. The number of ether oxygens (including phenoxy) is 2. The lowest BCUT2D eigenvalue weighted by atomic mass is 10.0. The van der Waals surface area contributed by atoms with Crippen LogP contribution in [0.25, 0.3) is 0 Å². The van der Waals surface area contributed by atoms with Gasteiger partial charge < -0.3 is 15.2 Å². The third kappa shape index (κ3) is 7.87. The minimum absolute atomic E-state index is 0.0853. The second kappa shape index (κ2) is 13.6. The zero-order chi connectivity index (χ0) is 25.0. The first-order valence-corrected chi connectivity index (χ1v) is 12.1. The second-order valence-corrected chi connectivity index (χ2v) is 8.75. The number of methoxy groups -OCH3 is 2. The van der Waals surface area contributed by atoms with Gasteiger partial charge in [-0.15, -0.1) is 0 Å². The monoisotopic (exact) mass is 476 g/mol. The van der Waals surface area contributed by atoms with Crippen molar-refractivity contribution >= 4 is 11.6 Å². The molecule has 0 spiro atoms. The minimum atomic E-state index is 0.0853. The summed E-state index contributed by atoms with van der Waals surface area (Å²) in [6.45, 7) is 1.65. The van der Waals surface area contributed by atoms with Crippen LogP contribution in [0.3, 0.4) is 0 Å². The van der Waals surface area contributed by atoms with E-state index < -0.39 is 0 Å². The van der Waals surface area contributed by atoms with Crippen molar-refractivity contribution in [2.24, 2.45) is 5.73 Å². The summed E-state index contributed by atoms with van der Waals surface area (Å²) in [5.74, 6) is 0.200. The number of hydrogen-bond acceptors (Lipinski definition) is 5. The molecule has 35 heavy (non-hydrogen) atoms. The summed E-state index contributed by atoms with van der Waals surface area (Å²) in [5, 5.41) is 12.0. The molecule has 1 aromatic heterocycles. The molecule has 0 atom stereocenters. The largest absolute Gasteiger partial charge is 0.384 e. The van der Waals surface area contributed by atoms with E-state index >= 15 is 0 Å². The van der Waals surface area contributed by atoms with E-state index in [1.165, 1.54) is 11.1 Å². The number of aromatic nitrogens is 2. The molecule has 0 saturated carbocycles. The number of nitrogens with one attached hydrogen (secondary N) is 1. The number of aryl methyl sites for hydroxylation is 1. The molecule has 0 aliphatic rings. The van der Waals surface area contributed by atoms with Crippen LogP contribution in [0.5, 0.6) is 0 Å². The van der Waals surface area contributed by atoms with Gasteiger partial charge >= 0.3 is 0 Å². The summed E-state index contributed by atoms with van der Waals surface area (Å²) in [6.07, 6.45) is 6.84. The predicted molar refractivity (Wildman–Crippen MR) is 138 cm³/mol. The van der Waals surface area contributed by atoms with Crippen LogP contribution in [0.4, 0.5) is 0 Å². The van der Waals surface area contributed by atoms with Gasteiger partial charge in [-0.2, -0.15) is 5.10 Å². The number of rotatable bonds is 15. The van der Waals surface area contributed by atoms with Crippen molar-refractivity contribution in [1.82, 2.24) is 9.78 Å². The van der Waals surface area contributed by atoms with E-state index in [0.29, 0.717) is 31.7 Å². The standard InChI is InChI=1S/C28H36N4O3/c1-34-17-16-22-8-10-23(11-9-22)19-32-26(20-35-2)25(18-31-32)27(33)7-5-3-4-6-21-12-14-24(15-13-21)28(29)30/h8-15,18H,3-7,16-17,19-20H2,1-2H3,(H3,29,30). The molecule has 3 rings (SSSR count). The number of nitrogen functional groups attached to an aromatic ring is 1. The molecule has 1 heterocycles. The molecule has 3 aromatic rings. The number of carbonyl (C=O) groups excluding carboxylic acids is 1. The average Bonchev–Trinajstić information content (AvgIpc) is 3.26. The van der Waals surface area contributed by atoms with E-state index in [0.717, 1.165) is 48.9 Å². The molecule has 0 unspecified atom stereocenters. The first kappa shape index (κ1) is 26.3. The number of carbonyl (C=O) groups is 1. The Hall–Kier alpha value is -3.29. The van der Waals surface area contributed by atoms with Gasteiger partial charge in [-0.05, 0) is 42.4 Å². The number of nitrogens with zero attached hydrogens (tertiary/aromatic N) is 2. The van der Waals surface area contributed by atoms with Gasteiger partial charge in [-0.3, -0.25) is 14.9 Å². The van der Waals surface area contributed by atoms with E-state index in [-0.39, 0.29) is 11.6 Å². The lowest BCUT2D eigenvalue weighted by Crippen LogP contribution is -2.11. The fraction of sp³-hybridized carbons (Fsp3) is 0.393. The molecule has 0 aliphatic heterocycles. The van der Waals surface area contributed by atoms with E-state index in [2.05, 4.69) is 29.4 Å². The molecule has 2 aromatic carbocycles. The second-order valence-electron chi connectivity index (χ2n) is 8.75. The van der Waals surface area contributed by atoms with Crippen molar-refractivity contribution in [2.45, 2.75) is 51.7 Å². The zero-order valence-corrected chi connectivity index (χ0v) is 20.8. The van der Waals surface area contributed by atoms with Gasteiger partial charge in [0, 0.05) is 26.2 Å². The van der Waals surface area contributed by atoms with E-state index in [9.17, 15) is 4.79 Å². The Kier molecular flexibility index (Phi) is 10.2. The number of hydrogen-bond donors (Lipinski definition) is 2. The van der Waals surface area contributed by atoms with E-state index in [1.54, 1.807) is 20.4 Å². The Morgan fingerprint density at radius 1 is 0.914 bits per heavy atom. The van der Waals surface area contributed by atoms with Crippen LogP contribution in [0, 0.1) is 5.41 Å². The highest BCUT2D eigenvalue weighted by molar-refractivity contribution is 5.97. The van der Waals surface area contributed by atoms with Crippen LogP contribution < -0.4 is 5.73 Å². The molecule has 7 nitrogen and oxygen atoms in total. The molecular formula is C28H36N4O3. The van der Waals surface area contributed by atoms with Crippen molar-refractivity contribution in [3.63, 3.8) is 0 Å². The lowest BCUT2D eigenvalue weighted by molar-refractivity contribution is 0.0973. The highest BCUT2D eigenvalue weighted by Gasteiger charge is 2.17. The number of benzene rings is 2. The molecule has 0 aliphatic carbocycles. The topological polar surface area (TPSA) is 103 Å². The van der Waals surface area contributed by atoms with Crippen LogP contribution in [-0.2, 0) is 35.5 Å². The molecule has 0 bridgehead atoms. The minimum Gasteiger partial charge on any atom is -0.384 e. The number of Topliss-reactive ketones (excluding diaryl/α,β-unsaturated/α-hetero) is 1. The average molecular weight is 477 g/mol. The summed E-state index contributed by atoms with van der Waals surface area (Å²) < 4.78 is 12.4. The van der Waals surface area contributed by atoms with Crippen LogP contribution >= 0.6 is 0 Å². The van der Waals surface area contributed by atoms with Crippen LogP contribution in [0.1, 0.15) is 64.0 Å². The first-order chi connectivity index (χ1) is 17.0. The van der Waals surface area contributed by atoms with E-state index in [4.69, 9.17) is 20.6 Å². The first-order valence-electron chi connectivity index (χ1n) is 12.1. The Morgan fingerprint density at radius 3 is 2.23 bits per heavy atom. The van der Waals surface area contributed by atoms with Crippen molar-refractivity contribution in [1.29, 1.82) is 5.41 Å². The highest BCUT2D eigenvalue weighted by atomic mass is 16.5. The Labute approximate surface area is 207 Å². The third-order valence-electron chi connectivity index (χ3n) is 6.11. The molecule has 3 N–H and O–H groups in total. The van der Waals surface area contributed by atoms with Crippen LogP contribution in [0.15, 0.2) is 54.7 Å². The van der Waals surface area contributed by atoms with Crippen molar-refractivity contribution in [3.05, 3.63) is 88.2 Å². The maximum Gasteiger partial charge on any atom is 0.166 e. The quantitative estimate of drug-likeness (QED) is 0.145. The smallest absolute Gasteiger partial charge is 0.166 e. The number of nitrogens with two attached hydrogens (primary N) is 1. The van der Waals surface area contributed by atoms with Crippen molar-refractivity contribution in [2.75, 3.05) is 20.8 Å². The van der Waals surface area contributed by atoms with Crippen molar-refractivity contribution < 1.29 is 14.3 Å². The van der Waals surface area contributed by atoms with Gasteiger partial charge in [0.1, 0.15) is 5.84 Å². The van der Waals surface area contributed by atoms with E-state index in [1.807, 2.05) is 28.9 Å². The summed E-state index contributed by atoms with van der Waals surface area (Å²) in [6, 6.07) is 16.2. The number of ketones is 1. The molecule has 0 radical (unpaired) electrons. The molecule has 186 valence electrons. The maximum atomic E-state index is 12.9. The zero-order valence-electron chi connectivity index (χ0n) is 20.8. The summed E-state index contributed by atoms with van der Waals surface area (Å²) in [4.78, 5) is 12.9. The van der Waals surface area contributed by atoms with Crippen LogP contribution in [-0.4, -0.2) is 42.2 Å². The fourth-order valence-corrected chi connectivity index (χ4v) is 4.05. The Morgan fingerprint density at radius 2 is 1.57 bits per heavy atom. The number of unbranched alkanes of at least 4 members (excludes halogenated alkanes) is 2. The molecule has 0 amide bonds. The summed E-state index contributed by atoms with van der Waals surface area (Å²) >= 11 is 0. The van der Waals surface area contributed by atoms with Gasteiger partial charge in [0.05, 0.1) is 37.2 Å². The van der Waals surface area contributed by atoms with Gasteiger partial charge in [-0.1, -0.05) is 55.0 Å². The van der Waals surface area contributed by atoms with Crippen molar-refractivity contribution in [3.8, 4) is 0 Å². The Bertz CT molecular complexity index is 1090. The lowest BCUT2D eigenvalue weighted by Gasteiger charge is -2.10. The third-order valence-corrected chi connectivity index (χ3v) is 6.11. The predicted octanol–water partition coefficient (Wildman–Crippen LogP) is 4.54. The normalized spacial score (nSPS) is 11.0. The molecule has 0 saturated heterocycles.